The van der Waals surface area contributed by atoms with Crippen LogP contribution in [0.25, 0.3) is 0 Å². The third kappa shape index (κ3) is 3.29. The van der Waals surface area contributed by atoms with Gasteiger partial charge in [-0.15, -0.1) is 11.8 Å². The maximum absolute atomic E-state index is 12.3. The van der Waals surface area contributed by atoms with E-state index in [1.807, 2.05) is 6.92 Å². The largest absolute Gasteiger partial charge is 0.377 e. The normalized spacial score (nSPS) is 24.9. The molecule has 2 aliphatic heterocycles. The molecule has 2 N–H and O–H groups in total. The lowest BCUT2D eigenvalue weighted by molar-refractivity contribution is -0.115. The Morgan fingerprint density at radius 3 is 3.00 bits per heavy atom. The van der Waals surface area contributed by atoms with Crippen LogP contribution in [0, 0.1) is 0 Å². The highest BCUT2D eigenvalue weighted by Crippen LogP contribution is 2.36. The van der Waals surface area contributed by atoms with Crippen LogP contribution in [-0.2, 0) is 19.6 Å². The van der Waals surface area contributed by atoms with Crippen molar-refractivity contribution in [1.82, 2.24) is 4.72 Å². The molecule has 1 saturated heterocycles. The maximum Gasteiger partial charge on any atom is 0.240 e. The molecule has 2 atom stereocenters. The highest BCUT2D eigenvalue weighted by atomic mass is 32.2. The highest BCUT2D eigenvalue weighted by Gasteiger charge is 2.25. The Morgan fingerprint density at radius 2 is 2.27 bits per heavy atom. The SMILES string of the molecule is CC1Sc2ccc(S(=O)(=O)NCC3CCCO3)cc2NC1=O. The summed E-state index contributed by atoms with van der Waals surface area (Å²) in [6, 6.07) is 4.80. The second-order valence-electron chi connectivity index (χ2n) is 5.39. The summed E-state index contributed by atoms with van der Waals surface area (Å²) in [6.07, 6.45) is 1.78. The van der Waals surface area contributed by atoms with E-state index < -0.39 is 10.0 Å². The minimum Gasteiger partial charge on any atom is -0.377 e. The van der Waals surface area contributed by atoms with Gasteiger partial charge in [-0.05, 0) is 38.0 Å². The molecule has 0 aliphatic carbocycles. The first-order valence-electron chi connectivity index (χ1n) is 7.18. The number of sulfonamides is 1. The van der Waals surface area contributed by atoms with Crippen molar-refractivity contribution in [2.45, 2.75) is 40.9 Å². The summed E-state index contributed by atoms with van der Waals surface area (Å²) in [5.41, 5.74) is 0.549. The summed E-state index contributed by atoms with van der Waals surface area (Å²) in [5.74, 6) is -0.112. The van der Waals surface area contributed by atoms with E-state index in [9.17, 15) is 13.2 Å². The highest BCUT2D eigenvalue weighted by molar-refractivity contribution is 8.01. The van der Waals surface area contributed by atoms with Crippen LogP contribution in [0.2, 0.25) is 0 Å². The molecule has 0 saturated carbocycles. The van der Waals surface area contributed by atoms with Gasteiger partial charge in [-0.1, -0.05) is 0 Å². The van der Waals surface area contributed by atoms with Crippen molar-refractivity contribution in [1.29, 1.82) is 0 Å². The molecule has 1 aromatic rings. The van der Waals surface area contributed by atoms with Gasteiger partial charge in [0.15, 0.2) is 0 Å². The molecule has 1 fully saturated rings. The summed E-state index contributed by atoms with van der Waals surface area (Å²) >= 11 is 1.43. The Kier molecular flexibility index (Phi) is 4.44. The van der Waals surface area contributed by atoms with E-state index in [2.05, 4.69) is 10.0 Å². The number of carbonyl (C=O) groups excluding carboxylic acids is 1. The second kappa shape index (κ2) is 6.19. The van der Waals surface area contributed by atoms with Gasteiger partial charge in [-0.25, -0.2) is 13.1 Å². The zero-order chi connectivity index (χ0) is 15.7. The number of fused-ring (bicyclic) bond motifs is 1. The molecule has 2 heterocycles. The summed E-state index contributed by atoms with van der Waals surface area (Å²) in [6.45, 7) is 2.78. The first-order chi connectivity index (χ1) is 10.5. The summed E-state index contributed by atoms with van der Waals surface area (Å²) in [4.78, 5) is 12.7. The van der Waals surface area contributed by atoms with Gasteiger partial charge in [0.05, 0.1) is 21.9 Å². The lowest BCUT2D eigenvalue weighted by Gasteiger charge is -2.22. The standard InChI is InChI=1S/C14H18N2O4S2/c1-9-14(17)16-12-7-11(4-5-13(12)21-9)22(18,19)15-8-10-3-2-6-20-10/h4-5,7,9-10,15H,2-3,6,8H2,1H3,(H,16,17). The number of rotatable bonds is 4. The number of amides is 1. The minimum absolute atomic E-state index is 0.0523. The van der Waals surface area contributed by atoms with Crippen LogP contribution in [0.1, 0.15) is 19.8 Å². The molecule has 2 unspecified atom stereocenters. The van der Waals surface area contributed by atoms with Crippen molar-refractivity contribution >= 4 is 33.4 Å². The fourth-order valence-electron chi connectivity index (χ4n) is 2.45. The van der Waals surface area contributed by atoms with Gasteiger partial charge >= 0.3 is 0 Å². The molecular formula is C14H18N2O4S2. The van der Waals surface area contributed by atoms with Crippen molar-refractivity contribution in [2.24, 2.45) is 0 Å². The van der Waals surface area contributed by atoms with Crippen molar-refractivity contribution in [3.8, 4) is 0 Å². The molecule has 6 nitrogen and oxygen atoms in total. The molecule has 120 valence electrons. The first-order valence-corrected chi connectivity index (χ1v) is 9.55. The van der Waals surface area contributed by atoms with Gasteiger partial charge in [-0.3, -0.25) is 4.79 Å². The zero-order valence-corrected chi connectivity index (χ0v) is 13.8. The van der Waals surface area contributed by atoms with Crippen molar-refractivity contribution in [2.75, 3.05) is 18.5 Å². The zero-order valence-electron chi connectivity index (χ0n) is 12.2. The first kappa shape index (κ1) is 15.8. The average molecular weight is 342 g/mol. The molecule has 22 heavy (non-hydrogen) atoms. The third-order valence-corrected chi connectivity index (χ3v) is 6.32. The fourth-order valence-corrected chi connectivity index (χ4v) is 4.47. The molecule has 1 amide bonds. The fraction of sp³-hybridized carbons (Fsp3) is 0.500. The van der Waals surface area contributed by atoms with E-state index in [1.165, 1.54) is 17.8 Å². The number of hydrogen-bond acceptors (Lipinski definition) is 5. The Hall–Kier alpha value is -1.09. The smallest absolute Gasteiger partial charge is 0.240 e. The monoisotopic (exact) mass is 342 g/mol. The van der Waals surface area contributed by atoms with Crippen molar-refractivity contribution in [3.05, 3.63) is 18.2 Å². The molecule has 0 bridgehead atoms. The Labute approximate surface area is 134 Å². The Morgan fingerprint density at radius 1 is 1.45 bits per heavy atom. The Balaban J connectivity index is 1.76. The predicted octanol–water partition coefficient (Wildman–Crippen LogP) is 1.58. The van der Waals surface area contributed by atoms with E-state index in [-0.39, 0.29) is 28.7 Å². The molecule has 1 aromatic carbocycles. The number of nitrogens with one attached hydrogen (secondary N) is 2. The maximum atomic E-state index is 12.3. The molecule has 8 heteroatoms. The van der Waals surface area contributed by atoms with Gasteiger partial charge in [-0.2, -0.15) is 0 Å². The predicted molar refractivity (Wildman–Crippen MR) is 84.6 cm³/mol. The molecule has 2 aliphatic rings. The van der Waals surface area contributed by atoms with Crippen LogP contribution >= 0.6 is 11.8 Å². The van der Waals surface area contributed by atoms with E-state index in [0.29, 0.717) is 12.3 Å². The van der Waals surface area contributed by atoms with Gasteiger partial charge < -0.3 is 10.1 Å². The lowest BCUT2D eigenvalue weighted by Crippen LogP contribution is -2.32. The molecular weight excluding hydrogens is 324 g/mol. The third-order valence-electron chi connectivity index (χ3n) is 3.72. The van der Waals surface area contributed by atoms with E-state index in [4.69, 9.17) is 4.74 Å². The van der Waals surface area contributed by atoms with E-state index >= 15 is 0 Å². The molecule has 3 rings (SSSR count). The van der Waals surface area contributed by atoms with Crippen molar-refractivity contribution in [3.63, 3.8) is 0 Å². The lowest BCUT2D eigenvalue weighted by atomic mass is 10.2. The number of benzene rings is 1. The van der Waals surface area contributed by atoms with Gasteiger partial charge in [0, 0.05) is 18.0 Å². The number of anilines is 1. The van der Waals surface area contributed by atoms with E-state index in [1.54, 1.807) is 12.1 Å². The number of ether oxygens (including phenoxy) is 1. The number of thioether (sulfide) groups is 1. The van der Waals surface area contributed by atoms with Gasteiger partial charge in [0.25, 0.3) is 0 Å². The average Bonchev–Trinajstić information content (AvgIpc) is 2.99. The van der Waals surface area contributed by atoms with Crippen LogP contribution in [-0.4, -0.2) is 38.8 Å². The van der Waals surface area contributed by atoms with Crippen LogP contribution in [0.15, 0.2) is 28.0 Å². The summed E-state index contributed by atoms with van der Waals surface area (Å²) < 4.78 is 32.7. The number of carbonyl (C=O) groups is 1. The molecule has 0 spiro atoms. The van der Waals surface area contributed by atoms with E-state index in [0.717, 1.165) is 17.7 Å². The Bertz CT molecular complexity index is 684. The van der Waals surface area contributed by atoms with Crippen molar-refractivity contribution < 1.29 is 17.9 Å². The second-order valence-corrected chi connectivity index (χ2v) is 8.54. The summed E-state index contributed by atoms with van der Waals surface area (Å²) in [7, 11) is -3.60. The minimum atomic E-state index is -3.60. The van der Waals surface area contributed by atoms with Gasteiger partial charge in [0.1, 0.15) is 0 Å². The van der Waals surface area contributed by atoms with Gasteiger partial charge in [0.2, 0.25) is 15.9 Å². The topological polar surface area (TPSA) is 84.5 Å². The quantitative estimate of drug-likeness (QED) is 0.868. The van der Waals surface area contributed by atoms with Crippen LogP contribution in [0.5, 0.6) is 0 Å². The molecule has 0 radical (unpaired) electrons. The van der Waals surface area contributed by atoms with Crippen LogP contribution < -0.4 is 10.0 Å². The number of hydrogen-bond donors (Lipinski definition) is 2. The van der Waals surface area contributed by atoms with Crippen LogP contribution in [0.4, 0.5) is 5.69 Å². The summed E-state index contributed by atoms with van der Waals surface area (Å²) in [5, 5.41) is 2.57. The van der Waals surface area contributed by atoms with Crippen LogP contribution in [0.3, 0.4) is 0 Å². The molecule has 0 aromatic heterocycles.